The lowest BCUT2D eigenvalue weighted by Gasteiger charge is -2.13. The first kappa shape index (κ1) is 19.0. The predicted molar refractivity (Wildman–Crippen MR) is 111 cm³/mol. The molecule has 3 aromatic rings. The maximum Gasteiger partial charge on any atom is 0.257 e. The largest absolute Gasteiger partial charge is 0.459 e. The van der Waals surface area contributed by atoms with Crippen LogP contribution in [0.5, 0.6) is 11.5 Å². The molecule has 0 spiro atoms. The second-order valence-corrected chi connectivity index (χ2v) is 6.84. The second kappa shape index (κ2) is 7.94. The van der Waals surface area contributed by atoms with Crippen molar-refractivity contribution in [3.8, 4) is 22.8 Å². The van der Waals surface area contributed by atoms with Crippen molar-refractivity contribution in [2.75, 3.05) is 12.1 Å². The number of amides is 1. The molecule has 3 N–H and O–H groups in total. The van der Waals surface area contributed by atoms with Gasteiger partial charge in [0.25, 0.3) is 5.91 Å². The highest BCUT2D eigenvalue weighted by Crippen LogP contribution is 2.32. The molecule has 1 aromatic heterocycles. The zero-order valence-electron chi connectivity index (χ0n) is 15.5. The van der Waals surface area contributed by atoms with Gasteiger partial charge in [0.15, 0.2) is 16.6 Å². The normalized spacial score (nSPS) is 11.9. The molecule has 29 heavy (non-hydrogen) atoms. The Morgan fingerprint density at radius 3 is 2.72 bits per heavy atom. The molecule has 1 aliphatic heterocycles. The highest BCUT2D eigenvalue weighted by molar-refractivity contribution is 7.80. The molecule has 4 rings (SSSR count). The first-order valence-corrected chi connectivity index (χ1v) is 9.27. The molecule has 0 atom stereocenters. The van der Waals surface area contributed by atoms with Gasteiger partial charge in [-0.1, -0.05) is 12.1 Å². The second-order valence-electron chi connectivity index (χ2n) is 6.43. The van der Waals surface area contributed by atoms with Crippen LogP contribution in [0.2, 0.25) is 0 Å². The predicted octanol–water partition coefficient (Wildman–Crippen LogP) is 3.60. The van der Waals surface area contributed by atoms with Crippen molar-refractivity contribution in [1.29, 1.82) is 0 Å². The Labute approximate surface area is 172 Å². The number of aliphatic hydroxyl groups excluding tert-OH is 1. The van der Waals surface area contributed by atoms with E-state index in [-0.39, 0.29) is 24.4 Å². The maximum atomic E-state index is 12.5. The number of thiocarbonyl (C=S) groups is 1. The minimum Gasteiger partial charge on any atom is -0.459 e. The average Bonchev–Trinajstić information content (AvgIpc) is 3.38. The summed E-state index contributed by atoms with van der Waals surface area (Å²) < 4.78 is 16.1. The number of aryl methyl sites for hydroxylation is 1. The summed E-state index contributed by atoms with van der Waals surface area (Å²) in [5, 5.41) is 15.0. The van der Waals surface area contributed by atoms with Gasteiger partial charge < -0.3 is 24.3 Å². The number of anilines is 1. The SMILES string of the molecule is Cc1ccc(-c2ccc(CO)o2)cc1NC(=S)NC(=O)c1ccc2c(c1)OCO2. The smallest absolute Gasteiger partial charge is 0.257 e. The third-order valence-electron chi connectivity index (χ3n) is 4.45. The summed E-state index contributed by atoms with van der Waals surface area (Å²) in [7, 11) is 0. The number of furan rings is 1. The number of fused-ring (bicyclic) bond motifs is 1. The Morgan fingerprint density at radius 1 is 1.10 bits per heavy atom. The van der Waals surface area contributed by atoms with E-state index in [9.17, 15) is 4.79 Å². The number of ether oxygens (including phenoxy) is 2. The van der Waals surface area contributed by atoms with E-state index in [4.69, 9.17) is 31.2 Å². The van der Waals surface area contributed by atoms with Crippen molar-refractivity contribution in [2.45, 2.75) is 13.5 Å². The van der Waals surface area contributed by atoms with E-state index in [1.807, 2.05) is 25.1 Å². The number of carbonyl (C=O) groups excluding carboxylic acids is 1. The van der Waals surface area contributed by atoms with E-state index < -0.39 is 0 Å². The molecule has 1 aliphatic rings. The Bertz CT molecular complexity index is 1090. The van der Waals surface area contributed by atoms with Gasteiger partial charge >= 0.3 is 0 Å². The van der Waals surface area contributed by atoms with Gasteiger partial charge in [-0.3, -0.25) is 10.1 Å². The van der Waals surface area contributed by atoms with E-state index in [0.29, 0.717) is 28.6 Å². The first-order chi connectivity index (χ1) is 14.0. The first-order valence-electron chi connectivity index (χ1n) is 8.86. The van der Waals surface area contributed by atoms with Crippen molar-refractivity contribution >= 4 is 28.9 Å². The topological polar surface area (TPSA) is 93.0 Å². The van der Waals surface area contributed by atoms with Crippen LogP contribution in [-0.4, -0.2) is 22.9 Å². The summed E-state index contributed by atoms with van der Waals surface area (Å²) in [4.78, 5) is 12.5. The lowest BCUT2D eigenvalue weighted by atomic mass is 10.1. The van der Waals surface area contributed by atoms with Crippen LogP contribution in [0, 0.1) is 6.92 Å². The number of aliphatic hydroxyl groups is 1. The van der Waals surface area contributed by atoms with E-state index in [2.05, 4.69) is 10.6 Å². The molecule has 8 heteroatoms. The Kier molecular flexibility index (Phi) is 5.20. The third kappa shape index (κ3) is 4.08. The fraction of sp³-hybridized carbons (Fsp3) is 0.143. The molecule has 7 nitrogen and oxygen atoms in total. The third-order valence-corrected chi connectivity index (χ3v) is 4.65. The summed E-state index contributed by atoms with van der Waals surface area (Å²) in [5.41, 5.74) is 2.92. The minimum atomic E-state index is -0.353. The fourth-order valence-corrected chi connectivity index (χ4v) is 3.10. The summed E-state index contributed by atoms with van der Waals surface area (Å²) in [6, 6.07) is 14.2. The van der Waals surface area contributed by atoms with Crippen molar-refractivity contribution in [3.05, 3.63) is 65.4 Å². The molecular formula is C21H18N2O5S. The van der Waals surface area contributed by atoms with Crippen molar-refractivity contribution < 1.29 is 23.8 Å². The van der Waals surface area contributed by atoms with Gasteiger partial charge in [0.05, 0.1) is 0 Å². The van der Waals surface area contributed by atoms with Gasteiger partial charge in [0.1, 0.15) is 18.1 Å². The zero-order chi connectivity index (χ0) is 20.4. The van der Waals surface area contributed by atoms with Crippen molar-refractivity contribution in [2.24, 2.45) is 0 Å². The molecule has 0 saturated heterocycles. The minimum absolute atomic E-state index is 0.144. The highest BCUT2D eigenvalue weighted by Gasteiger charge is 2.17. The van der Waals surface area contributed by atoms with Crippen LogP contribution < -0.4 is 20.1 Å². The van der Waals surface area contributed by atoms with Gasteiger partial charge in [0.2, 0.25) is 6.79 Å². The van der Waals surface area contributed by atoms with Crippen LogP contribution >= 0.6 is 12.2 Å². The van der Waals surface area contributed by atoms with Gasteiger partial charge in [-0.15, -0.1) is 0 Å². The highest BCUT2D eigenvalue weighted by atomic mass is 32.1. The average molecular weight is 410 g/mol. The molecule has 0 bridgehead atoms. The van der Waals surface area contributed by atoms with Crippen molar-refractivity contribution in [3.63, 3.8) is 0 Å². The Balaban J connectivity index is 1.46. The van der Waals surface area contributed by atoms with E-state index >= 15 is 0 Å². The standard InChI is InChI=1S/C21H18N2O5S/c1-12-2-3-13(17-7-5-15(10-24)28-17)8-16(12)22-21(29)23-20(25)14-4-6-18-19(9-14)27-11-26-18/h2-9,24H,10-11H2,1H3,(H2,22,23,25,29). The van der Waals surface area contributed by atoms with Crippen molar-refractivity contribution in [1.82, 2.24) is 5.32 Å². The van der Waals surface area contributed by atoms with Gasteiger partial charge in [-0.25, -0.2) is 0 Å². The lowest BCUT2D eigenvalue weighted by Crippen LogP contribution is -2.34. The van der Waals surface area contributed by atoms with E-state index in [1.54, 1.807) is 30.3 Å². The van der Waals surface area contributed by atoms with Gasteiger partial charge in [-0.05, 0) is 61.1 Å². The molecule has 0 radical (unpaired) electrons. The van der Waals surface area contributed by atoms with E-state index in [1.165, 1.54) is 0 Å². The van der Waals surface area contributed by atoms with Gasteiger partial charge in [-0.2, -0.15) is 0 Å². The molecule has 148 valence electrons. The number of nitrogens with one attached hydrogen (secondary N) is 2. The van der Waals surface area contributed by atoms with Crippen LogP contribution in [0.4, 0.5) is 5.69 Å². The van der Waals surface area contributed by atoms with Crippen LogP contribution in [0.15, 0.2) is 52.9 Å². The Hall–Kier alpha value is -3.36. The lowest BCUT2D eigenvalue weighted by molar-refractivity contribution is 0.0977. The van der Waals surface area contributed by atoms with E-state index in [0.717, 1.165) is 16.8 Å². The summed E-state index contributed by atoms with van der Waals surface area (Å²) in [6.45, 7) is 1.91. The summed E-state index contributed by atoms with van der Waals surface area (Å²) in [6.07, 6.45) is 0. The fourth-order valence-electron chi connectivity index (χ4n) is 2.89. The molecule has 0 aliphatic carbocycles. The zero-order valence-corrected chi connectivity index (χ0v) is 16.3. The molecular weight excluding hydrogens is 392 g/mol. The summed E-state index contributed by atoms with van der Waals surface area (Å²) >= 11 is 5.30. The molecule has 0 saturated carbocycles. The molecule has 2 aromatic carbocycles. The maximum absolute atomic E-state index is 12.5. The molecule has 1 amide bonds. The number of carbonyl (C=O) groups is 1. The van der Waals surface area contributed by atoms with Crippen LogP contribution in [0.1, 0.15) is 21.7 Å². The Morgan fingerprint density at radius 2 is 1.93 bits per heavy atom. The number of hydrogen-bond donors (Lipinski definition) is 3. The van der Waals surface area contributed by atoms with Crippen LogP contribution in [0.3, 0.4) is 0 Å². The van der Waals surface area contributed by atoms with Gasteiger partial charge in [0, 0.05) is 16.8 Å². The number of rotatable bonds is 4. The number of benzene rings is 2. The molecule has 0 unspecified atom stereocenters. The quantitative estimate of drug-likeness (QED) is 0.566. The number of hydrogen-bond acceptors (Lipinski definition) is 6. The summed E-state index contributed by atoms with van der Waals surface area (Å²) in [5.74, 6) is 1.90. The van der Waals surface area contributed by atoms with Crippen LogP contribution in [0.25, 0.3) is 11.3 Å². The molecule has 0 fully saturated rings. The molecule has 2 heterocycles. The monoisotopic (exact) mass is 410 g/mol. The van der Waals surface area contributed by atoms with Crippen LogP contribution in [-0.2, 0) is 6.61 Å².